The van der Waals surface area contributed by atoms with Crippen LogP contribution in [-0.4, -0.2) is 28.5 Å². The van der Waals surface area contributed by atoms with E-state index in [-0.39, 0.29) is 17.0 Å². The summed E-state index contributed by atoms with van der Waals surface area (Å²) in [6.45, 7) is 1.30. The van der Waals surface area contributed by atoms with Crippen molar-refractivity contribution in [2.24, 2.45) is 0 Å². The second-order valence-corrected chi connectivity index (χ2v) is 8.40. The molecular formula is C21H17N3O2S2. The van der Waals surface area contributed by atoms with Gasteiger partial charge in [0.2, 0.25) is 0 Å². The number of nitrogens with zero attached hydrogens (tertiary/aromatic N) is 3. The molecule has 4 rings (SSSR count). The van der Waals surface area contributed by atoms with Gasteiger partial charge in [-0.25, -0.2) is 0 Å². The first-order valence-corrected chi connectivity index (χ1v) is 10.6. The standard InChI is InChI=1S/C21H17N3O2S2/c22-14-17(19(25)23-10-4-5-11-23)21-24(15-7-2-1-3-8-15)20(26)18(28-21)13-16-9-6-12-27-16/h1-3,6-9,12-13H,4-5,10-11H2. The Morgan fingerprint density at radius 1 is 1.11 bits per heavy atom. The molecule has 0 saturated carbocycles. The van der Waals surface area contributed by atoms with Gasteiger partial charge in [0, 0.05) is 18.0 Å². The molecule has 140 valence electrons. The Bertz CT molecular complexity index is 1210. The minimum Gasteiger partial charge on any atom is -0.338 e. The number of benzene rings is 1. The highest BCUT2D eigenvalue weighted by atomic mass is 32.1. The molecular weight excluding hydrogens is 390 g/mol. The van der Waals surface area contributed by atoms with Crippen molar-refractivity contribution in [3.8, 4) is 11.8 Å². The smallest absolute Gasteiger partial charge is 0.273 e. The Morgan fingerprint density at radius 3 is 2.50 bits per heavy atom. The third kappa shape index (κ3) is 3.44. The highest BCUT2D eigenvalue weighted by Crippen LogP contribution is 2.13. The molecule has 0 spiro atoms. The van der Waals surface area contributed by atoms with Crippen LogP contribution in [0.3, 0.4) is 0 Å². The molecule has 2 aromatic heterocycles. The van der Waals surface area contributed by atoms with Crippen LogP contribution in [0.15, 0.2) is 52.6 Å². The number of thiazole rings is 1. The number of amides is 1. The molecule has 0 aliphatic carbocycles. The van der Waals surface area contributed by atoms with Crippen LogP contribution in [0.25, 0.3) is 17.3 Å². The molecule has 3 heterocycles. The molecule has 1 aromatic carbocycles. The zero-order chi connectivity index (χ0) is 19.5. The Morgan fingerprint density at radius 2 is 1.86 bits per heavy atom. The zero-order valence-electron chi connectivity index (χ0n) is 15.0. The lowest BCUT2D eigenvalue weighted by Crippen LogP contribution is -2.35. The van der Waals surface area contributed by atoms with Crippen molar-refractivity contribution in [1.82, 2.24) is 9.47 Å². The molecule has 28 heavy (non-hydrogen) atoms. The van der Waals surface area contributed by atoms with E-state index in [2.05, 4.69) is 6.07 Å². The van der Waals surface area contributed by atoms with Crippen LogP contribution in [0.5, 0.6) is 0 Å². The number of hydrogen-bond donors (Lipinski definition) is 0. The molecule has 1 fully saturated rings. The van der Waals surface area contributed by atoms with Crippen LogP contribution in [0.2, 0.25) is 0 Å². The molecule has 3 aromatic rings. The van der Waals surface area contributed by atoms with Crippen LogP contribution in [0.4, 0.5) is 0 Å². The predicted octanol–water partition coefficient (Wildman–Crippen LogP) is 2.09. The minimum atomic E-state index is -0.298. The summed E-state index contributed by atoms with van der Waals surface area (Å²) in [5.41, 5.74) is 0.451. The number of rotatable bonds is 3. The lowest BCUT2D eigenvalue weighted by Gasteiger charge is -2.14. The number of carbonyl (C=O) groups excluding carboxylic acids is 1. The Hall–Kier alpha value is -2.95. The van der Waals surface area contributed by atoms with Crippen molar-refractivity contribution in [2.45, 2.75) is 12.8 Å². The van der Waals surface area contributed by atoms with Crippen molar-refractivity contribution < 1.29 is 4.79 Å². The fourth-order valence-electron chi connectivity index (χ4n) is 3.23. The molecule has 0 N–H and O–H groups in total. The SMILES string of the molecule is N#CC(C(=O)N1CCCC1)=c1sc(=Cc2cccs2)c(=O)n1-c1ccccc1. The summed E-state index contributed by atoms with van der Waals surface area (Å²) in [7, 11) is 0. The molecule has 0 atom stereocenters. The number of hydrogen-bond acceptors (Lipinski definition) is 5. The maximum absolute atomic E-state index is 13.2. The zero-order valence-corrected chi connectivity index (χ0v) is 16.6. The summed E-state index contributed by atoms with van der Waals surface area (Å²) < 4.78 is 2.37. The monoisotopic (exact) mass is 407 g/mol. The largest absolute Gasteiger partial charge is 0.338 e. The van der Waals surface area contributed by atoms with Crippen LogP contribution < -0.4 is 14.8 Å². The normalized spacial score (nSPS) is 15.5. The van der Waals surface area contributed by atoms with Gasteiger partial charge in [-0.15, -0.1) is 22.7 Å². The van der Waals surface area contributed by atoms with Gasteiger partial charge in [0.1, 0.15) is 10.7 Å². The van der Waals surface area contributed by atoms with Crippen molar-refractivity contribution in [3.63, 3.8) is 0 Å². The number of aromatic nitrogens is 1. The summed E-state index contributed by atoms with van der Waals surface area (Å²) in [5.74, 6) is -0.298. The summed E-state index contributed by atoms with van der Waals surface area (Å²) in [6.07, 6.45) is 3.70. The molecule has 1 aliphatic rings. The van der Waals surface area contributed by atoms with Gasteiger partial charge in [0.05, 0.1) is 10.2 Å². The molecule has 0 unspecified atom stereocenters. The van der Waals surface area contributed by atoms with Gasteiger partial charge >= 0.3 is 0 Å². The van der Waals surface area contributed by atoms with Gasteiger partial charge in [-0.05, 0) is 42.5 Å². The number of thiophene rings is 1. The average Bonchev–Trinajstić information content (AvgIpc) is 3.47. The molecule has 0 radical (unpaired) electrons. The Labute approximate surface area is 169 Å². The van der Waals surface area contributed by atoms with E-state index in [9.17, 15) is 14.9 Å². The van der Waals surface area contributed by atoms with E-state index < -0.39 is 0 Å². The van der Waals surface area contributed by atoms with Crippen molar-refractivity contribution in [1.29, 1.82) is 5.26 Å². The minimum absolute atomic E-state index is 0.0266. The fraction of sp³-hybridized carbons (Fsp3) is 0.190. The lowest BCUT2D eigenvalue weighted by atomic mass is 10.2. The van der Waals surface area contributed by atoms with Crippen LogP contribution >= 0.6 is 22.7 Å². The summed E-state index contributed by atoms with van der Waals surface area (Å²) in [5, 5.41) is 11.7. The van der Waals surface area contributed by atoms with Gasteiger partial charge in [-0.2, -0.15) is 5.26 Å². The first-order chi connectivity index (χ1) is 13.7. The van der Waals surface area contributed by atoms with E-state index >= 15 is 0 Å². The number of likely N-dealkylation sites (tertiary alicyclic amines) is 1. The predicted molar refractivity (Wildman–Crippen MR) is 112 cm³/mol. The topological polar surface area (TPSA) is 66.1 Å². The lowest BCUT2D eigenvalue weighted by molar-refractivity contribution is -0.123. The van der Waals surface area contributed by atoms with Crippen LogP contribution in [0, 0.1) is 11.3 Å². The molecule has 5 nitrogen and oxygen atoms in total. The third-order valence-electron chi connectivity index (χ3n) is 4.59. The van der Waals surface area contributed by atoms with E-state index in [0.29, 0.717) is 28.0 Å². The van der Waals surface area contributed by atoms with E-state index in [1.165, 1.54) is 27.2 Å². The van der Waals surface area contributed by atoms with Gasteiger partial charge < -0.3 is 4.90 Å². The second kappa shape index (κ2) is 7.97. The third-order valence-corrected chi connectivity index (χ3v) is 6.50. The van der Waals surface area contributed by atoms with Crippen molar-refractivity contribution in [2.75, 3.05) is 13.1 Å². The molecule has 1 amide bonds. The van der Waals surface area contributed by atoms with Gasteiger partial charge in [-0.1, -0.05) is 24.3 Å². The van der Waals surface area contributed by atoms with Crippen molar-refractivity contribution in [3.05, 3.63) is 72.3 Å². The van der Waals surface area contributed by atoms with Crippen LogP contribution in [0.1, 0.15) is 17.7 Å². The number of carbonyl (C=O) groups is 1. The van der Waals surface area contributed by atoms with Crippen molar-refractivity contribution >= 4 is 40.2 Å². The maximum atomic E-state index is 13.2. The fourth-order valence-corrected chi connectivity index (χ4v) is 5.05. The summed E-state index contributed by atoms with van der Waals surface area (Å²) in [6, 6.07) is 15.1. The molecule has 1 aliphatic heterocycles. The molecule has 0 bridgehead atoms. The number of para-hydroxylation sites is 1. The summed E-state index contributed by atoms with van der Waals surface area (Å²) >= 11 is 2.73. The van der Waals surface area contributed by atoms with E-state index in [0.717, 1.165) is 17.7 Å². The Kier molecular flexibility index (Phi) is 5.24. The first kappa shape index (κ1) is 18.4. The maximum Gasteiger partial charge on any atom is 0.273 e. The first-order valence-electron chi connectivity index (χ1n) is 8.95. The van der Waals surface area contributed by atoms with E-state index in [1.807, 2.05) is 53.9 Å². The van der Waals surface area contributed by atoms with E-state index in [4.69, 9.17) is 0 Å². The van der Waals surface area contributed by atoms with Gasteiger partial charge in [0.25, 0.3) is 11.5 Å². The molecule has 7 heteroatoms. The second-order valence-electron chi connectivity index (χ2n) is 6.39. The quantitative estimate of drug-likeness (QED) is 0.668. The molecule has 1 saturated heterocycles. The number of nitriles is 1. The van der Waals surface area contributed by atoms with Gasteiger partial charge in [0.15, 0.2) is 5.57 Å². The van der Waals surface area contributed by atoms with Gasteiger partial charge in [-0.3, -0.25) is 14.2 Å². The van der Waals surface area contributed by atoms with E-state index in [1.54, 1.807) is 4.90 Å². The Balaban J connectivity index is 2.01. The van der Waals surface area contributed by atoms with Crippen LogP contribution in [-0.2, 0) is 4.79 Å². The average molecular weight is 408 g/mol. The highest BCUT2D eigenvalue weighted by molar-refractivity contribution is 7.11. The summed E-state index contributed by atoms with van der Waals surface area (Å²) in [4.78, 5) is 28.8. The highest BCUT2D eigenvalue weighted by Gasteiger charge is 2.24.